The number of amides is 2. The van der Waals surface area contributed by atoms with Crippen LogP contribution in [0.3, 0.4) is 0 Å². The Morgan fingerprint density at radius 1 is 1.23 bits per heavy atom. The molecule has 1 aromatic carbocycles. The van der Waals surface area contributed by atoms with Gasteiger partial charge in [-0.3, -0.25) is 14.7 Å². The molecule has 0 spiro atoms. The van der Waals surface area contributed by atoms with Crippen LogP contribution in [0.5, 0.6) is 0 Å². The number of hydrogen-bond donors (Lipinski definition) is 3. The van der Waals surface area contributed by atoms with Crippen molar-refractivity contribution in [2.24, 2.45) is 5.73 Å². The monoisotopic (exact) mass is 298 g/mol. The second-order valence-corrected chi connectivity index (χ2v) is 5.68. The largest absolute Gasteiger partial charge is 0.368 e. The van der Waals surface area contributed by atoms with E-state index in [0.29, 0.717) is 18.4 Å². The van der Waals surface area contributed by atoms with E-state index in [1.807, 2.05) is 12.1 Å². The summed E-state index contributed by atoms with van der Waals surface area (Å²) in [7, 11) is 0. The number of carbonyl (C=O) groups is 2. The van der Waals surface area contributed by atoms with Gasteiger partial charge in [0.15, 0.2) is 0 Å². The second-order valence-electron chi connectivity index (χ2n) is 5.68. The maximum atomic E-state index is 12.5. The molecule has 2 aromatic rings. The molecular formula is C16H18N4O2. The average molecular weight is 298 g/mol. The Labute approximate surface area is 128 Å². The zero-order valence-electron chi connectivity index (χ0n) is 12.1. The van der Waals surface area contributed by atoms with Gasteiger partial charge < -0.3 is 11.1 Å². The molecule has 22 heavy (non-hydrogen) atoms. The lowest BCUT2D eigenvalue weighted by molar-refractivity contribution is -0.123. The van der Waals surface area contributed by atoms with Crippen LogP contribution in [0.15, 0.2) is 36.7 Å². The lowest BCUT2D eigenvalue weighted by atomic mass is 9.95. The number of nitrogens with two attached hydrogens (primary N) is 1. The summed E-state index contributed by atoms with van der Waals surface area (Å²) >= 11 is 0. The SMILES string of the molecule is NC(=O)C1(NC(=O)c2cccc(-c3cn[nH]c3)c2)CCCC1. The third-order valence-electron chi connectivity index (χ3n) is 4.24. The van der Waals surface area contributed by atoms with Gasteiger partial charge in [-0.1, -0.05) is 25.0 Å². The molecule has 1 saturated carbocycles. The van der Waals surface area contributed by atoms with E-state index >= 15 is 0 Å². The number of aromatic nitrogens is 2. The summed E-state index contributed by atoms with van der Waals surface area (Å²) in [4.78, 5) is 24.2. The van der Waals surface area contributed by atoms with Crippen LogP contribution in [0.4, 0.5) is 0 Å². The molecule has 114 valence electrons. The van der Waals surface area contributed by atoms with Crippen molar-refractivity contribution >= 4 is 11.8 Å². The number of benzene rings is 1. The van der Waals surface area contributed by atoms with E-state index < -0.39 is 11.4 Å². The molecule has 1 aromatic heterocycles. The first-order chi connectivity index (χ1) is 10.6. The number of nitrogens with one attached hydrogen (secondary N) is 2. The van der Waals surface area contributed by atoms with Gasteiger partial charge >= 0.3 is 0 Å². The van der Waals surface area contributed by atoms with Crippen LogP contribution in [0.1, 0.15) is 36.0 Å². The van der Waals surface area contributed by atoms with Crippen LogP contribution < -0.4 is 11.1 Å². The van der Waals surface area contributed by atoms with E-state index in [1.54, 1.807) is 24.5 Å². The highest BCUT2D eigenvalue weighted by atomic mass is 16.2. The lowest BCUT2D eigenvalue weighted by Gasteiger charge is -2.26. The minimum absolute atomic E-state index is 0.272. The molecule has 0 bridgehead atoms. The Morgan fingerprint density at radius 3 is 2.64 bits per heavy atom. The first-order valence-electron chi connectivity index (χ1n) is 7.32. The highest BCUT2D eigenvalue weighted by Gasteiger charge is 2.40. The smallest absolute Gasteiger partial charge is 0.252 e. The Balaban J connectivity index is 1.83. The number of nitrogens with zero attached hydrogens (tertiary/aromatic N) is 1. The second kappa shape index (κ2) is 5.63. The van der Waals surface area contributed by atoms with E-state index in [9.17, 15) is 9.59 Å². The summed E-state index contributed by atoms with van der Waals surface area (Å²) in [5, 5.41) is 9.49. The van der Waals surface area contributed by atoms with Gasteiger partial charge in [0.1, 0.15) is 5.54 Å². The summed E-state index contributed by atoms with van der Waals surface area (Å²) in [6, 6.07) is 7.22. The topological polar surface area (TPSA) is 101 Å². The number of hydrogen-bond acceptors (Lipinski definition) is 3. The molecule has 1 heterocycles. The molecule has 6 heteroatoms. The molecule has 3 rings (SSSR count). The van der Waals surface area contributed by atoms with E-state index in [1.165, 1.54) is 0 Å². The van der Waals surface area contributed by atoms with Crippen molar-refractivity contribution < 1.29 is 9.59 Å². The summed E-state index contributed by atoms with van der Waals surface area (Å²) in [5.41, 5.74) is 6.90. The maximum absolute atomic E-state index is 12.5. The van der Waals surface area contributed by atoms with Crippen LogP contribution >= 0.6 is 0 Å². The summed E-state index contributed by atoms with van der Waals surface area (Å²) in [6.45, 7) is 0. The first-order valence-corrected chi connectivity index (χ1v) is 7.32. The van der Waals surface area contributed by atoms with E-state index in [2.05, 4.69) is 15.5 Å². The van der Waals surface area contributed by atoms with Crippen LogP contribution in [0, 0.1) is 0 Å². The molecule has 0 saturated heterocycles. The minimum Gasteiger partial charge on any atom is -0.368 e. The van der Waals surface area contributed by atoms with E-state index in [4.69, 9.17) is 5.73 Å². The molecule has 0 unspecified atom stereocenters. The zero-order valence-corrected chi connectivity index (χ0v) is 12.1. The fourth-order valence-corrected chi connectivity index (χ4v) is 2.95. The van der Waals surface area contributed by atoms with E-state index in [-0.39, 0.29) is 5.91 Å². The fourth-order valence-electron chi connectivity index (χ4n) is 2.95. The summed E-state index contributed by atoms with van der Waals surface area (Å²) < 4.78 is 0. The van der Waals surface area contributed by atoms with Crippen molar-refractivity contribution in [2.75, 3.05) is 0 Å². The Morgan fingerprint density at radius 2 is 2.00 bits per heavy atom. The predicted octanol–water partition coefficient (Wildman–Crippen LogP) is 1.60. The average Bonchev–Trinajstić information content (AvgIpc) is 3.19. The van der Waals surface area contributed by atoms with Crippen molar-refractivity contribution in [3.05, 3.63) is 42.2 Å². The van der Waals surface area contributed by atoms with Gasteiger partial charge in [-0.25, -0.2) is 0 Å². The van der Waals surface area contributed by atoms with Gasteiger partial charge in [0.2, 0.25) is 5.91 Å². The molecule has 4 N–H and O–H groups in total. The molecular weight excluding hydrogens is 280 g/mol. The Kier molecular flexibility index (Phi) is 3.66. The first kappa shape index (κ1) is 14.3. The number of primary amides is 1. The number of H-pyrrole nitrogens is 1. The van der Waals surface area contributed by atoms with Crippen LogP contribution in [0.25, 0.3) is 11.1 Å². The van der Waals surface area contributed by atoms with Crippen molar-refractivity contribution in [1.29, 1.82) is 0 Å². The van der Waals surface area contributed by atoms with Crippen molar-refractivity contribution in [3.8, 4) is 11.1 Å². The third-order valence-corrected chi connectivity index (χ3v) is 4.24. The van der Waals surface area contributed by atoms with Gasteiger partial charge in [0, 0.05) is 17.3 Å². The van der Waals surface area contributed by atoms with Gasteiger partial charge in [0.05, 0.1) is 6.20 Å². The van der Waals surface area contributed by atoms with Crippen molar-refractivity contribution in [3.63, 3.8) is 0 Å². The standard InChI is InChI=1S/C16H18N4O2/c17-15(22)16(6-1-2-7-16)20-14(21)12-5-3-4-11(8-12)13-9-18-19-10-13/h3-5,8-10H,1-2,6-7H2,(H2,17,22)(H,18,19)(H,20,21). The maximum Gasteiger partial charge on any atom is 0.252 e. The van der Waals surface area contributed by atoms with Gasteiger partial charge in [0.25, 0.3) is 5.91 Å². The normalized spacial score (nSPS) is 16.4. The highest BCUT2D eigenvalue weighted by molar-refractivity contribution is 5.99. The van der Waals surface area contributed by atoms with Crippen molar-refractivity contribution in [2.45, 2.75) is 31.2 Å². The predicted molar refractivity (Wildman–Crippen MR) is 81.9 cm³/mol. The molecule has 1 fully saturated rings. The molecule has 6 nitrogen and oxygen atoms in total. The number of rotatable bonds is 4. The Bertz CT molecular complexity index is 688. The highest BCUT2D eigenvalue weighted by Crippen LogP contribution is 2.30. The van der Waals surface area contributed by atoms with Gasteiger partial charge in [-0.15, -0.1) is 0 Å². The van der Waals surface area contributed by atoms with Crippen molar-refractivity contribution in [1.82, 2.24) is 15.5 Å². The summed E-state index contributed by atoms with van der Waals surface area (Å²) in [5.74, 6) is -0.726. The van der Waals surface area contributed by atoms with Gasteiger partial charge in [-0.05, 0) is 30.5 Å². The van der Waals surface area contributed by atoms with Crippen LogP contribution in [-0.4, -0.2) is 27.6 Å². The third kappa shape index (κ3) is 2.59. The lowest BCUT2D eigenvalue weighted by Crippen LogP contribution is -2.55. The van der Waals surface area contributed by atoms with Crippen LogP contribution in [0.2, 0.25) is 0 Å². The molecule has 0 aliphatic heterocycles. The molecule has 1 aliphatic rings. The fraction of sp³-hybridized carbons (Fsp3) is 0.312. The zero-order chi connectivity index (χ0) is 15.6. The quantitative estimate of drug-likeness (QED) is 0.799. The number of carbonyl (C=O) groups excluding carboxylic acids is 2. The van der Waals surface area contributed by atoms with E-state index in [0.717, 1.165) is 24.0 Å². The number of aromatic amines is 1. The minimum atomic E-state index is -0.900. The van der Waals surface area contributed by atoms with Crippen LogP contribution in [-0.2, 0) is 4.79 Å². The molecule has 0 radical (unpaired) electrons. The Hall–Kier alpha value is -2.63. The molecule has 1 aliphatic carbocycles. The molecule has 0 atom stereocenters. The summed E-state index contributed by atoms with van der Waals surface area (Å²) in [6.07, 6.45) is 6.47. The van der Waals surface area contributed by atoms with Gasteiger partial charge in [-0.2, -0.15) is 5.10 Å². The molecule has 2 amide bonds.